The summed E-state index contributed by atoms with van der Waals surface area (Å²) in [5, 5.41) is 0. The number of rotatable bonds is 5. The normalized spacial score (nSPS) is 10.4. The van der Waals surface area contributed by atoms with Crippen LogP contribution in [0.1, 0.15) is 0 Å². The van der Waals surface area contributed by atoms with Crippen LogP contribution in [0.15, 0.2) is 34.8 Å². The van der Waals surface area contributed by atoms with Crippen molar-refractivity contribution in [2.24, 2.45) is 0 Å². The predicted octanol–water partition coefficient (Wildman–Crippen LogP) is 4.27. The van der Waals surface area contributed by atoms with Gasteiger partial charge < -0.3 is 19.3 Å². The van der Waals surface area contributed by atoms with Gasteiger partial charge in [0, 0.05) is 50.7 Å². The van der Waals surface area contributed by atoms with E-state index in [9.17, 15) is 0 Å². The number of benzene rings is 2. The van der Waals surface area contributed by atoms with E-state index in [2.05, 4.69) is 43.9 Å². The van der Waals surface area contributed by atoms with Gasteiger partial charge in [-0.3, -0.25) is 0 Å². The smallest absolute Gasteiger partial charge is 0.133 e. The maximum absolute atomic E-state index is 5.63. The molecule has 0 aliphatic heterocycles. The van der Waals surface area contributed by atoms with E-state index in [1.807, 2.05) is 40.3 Å². The number of anilines is 2. The fourth-order valence-electron chi connectivity index (χ4n) is 2.63. The second-order valence-corrected chi connectivity index (χ2v) is 6.41. The molecule has 2 aromatic rings. The van der Waals surface area contributed by atoms with Crippen LogP contribution < -0.4 is 19.3 Å². The first-order valence-corrected chi connectivity index (χ1v) is 8.10. The van der Waals surface area contributed by atoms with E-state index in [0.717, 1.165) is 38.5 Å². The van der Waals surface area contributed by atoms with Gasteiger partial charge in [0.2, 0.25) is 0 Å². The van der Waals surface area contributed by atoms with Crippen molar-refractivity contribution in [2.45, 2.75) is 0 Å². The molecule has 0 saturated carbocycles. The van der Waals surface area contributed by atoms with Crippen LogP contribution in [0.3, 0.4) is 0 Å². The van der Waals surface area contributed by atoms with Crippen molar-refractivity contribution in [1.29, 1.82) is 0 Å². The van der Waals surface area contributed by atoms with Gasteiger partial charge in [0.1, 0.15) is 11.5 Å². The Labute approximate surface area is 146 Å². The first-order valence-electron chi connectivity index (χ1n) is 7.30. The lowest BCUT2D eigenvalue weighted by atomic mass is 9.98. The van der Waals surface area contributed by atoms with Crippen molar-refractivity contribution >= 4 is 27.3 Å². The van der Waals surface area contributed by atoms with Crippen molar-refractivity contribution in [2.75, 3.05) is 52.2 Å². The molecule has 5 heteroatoms. The van der Waals surface area contributed by atoms with E-state index in [1.54, 1.807) is 14.2 Å². The molecule has 2 rings (SSSR count). The van der Waals surface area contributed by atoms with E-state index in [0.29, 0.717) is 0 Å². The second kappa shape index (κ2) is 7.13. The highest BCUT2D eigenvalue weighted by Crippen LogP contribution is 2.48. The van der Waals surface area contributed by atoms with E-state index >= 15 is 0 Å². The molecular weight excluding hydrogens is 356 g/mol. The summed E-state index contributed by atoms with van der Waals surface area (Å²) in [5.74, 6) is 1.58. The standard InChI is InChI=1S/C18H23BrN2O2/c1-20(2)12-8-7-9-13(21(3)4)16(12)17-14(22-5)10-11-15(23-6)18(17)19/h7-11H,1-6H3. The van der Waals surface area contributed by atoms with E-state index < -0.39 is 0 Å². The molecule has 0 fully saturated rings. The Hall–Kier alpha value is -1.88. The first-order chi connectivity index (χ1) is 10.9. The van der Waals surface area contributed by atoms with Crippen LogP contribution in [0.4, 0.5) is 11.4 Å². The first kappa shape index (κ1) is 17.5. The summed E-state index contributed by atoms with van der Waals surface area (Å²) >= 11 is 3.69. The molecule has 0 amide bonds. The van der Waals surface area contributed by atoms with Crippen LogP contribution in [0, 0.1) is 0 Å². The zero-order chi connectivity index (χ0) is 17.1. The third-order valence-electron chi connectivity index (χ3n) is 3.74. The van der Waals surface area contributed by atoms with Crippen molar-refractivity contribution in [3.8, 4) is 22.6 Å². The van der Waals surface area contributed by atoms with Gasteiger partial charge in [-0.05, 0) is 40.2 Å². The Bertz CT molecular complexity index is 673. The molecule has 0 N–H and O–H groups in total. The Morgan fingerprint density at radius 3 is 1.65 bits per heavy atom. The topological polar surface area (TPSA) is 24.9 Å². The number of halogens is 1. The van der Waals surface area contributed by atoms with Crippen molar-refractivity contribution < 1.29 is 9.47 Å². The van der Waals surface area contributed by atoms with Crippen LogP contribution in [0.5, 0.6) is 11.5 Å². The number of ether oxygens (including phenoxy) is 2. The lowest BCUT2D eigenvalue weighted by Gasteiger charge is -2.26. The average Bonchev–Trinajstić information content (AvgIpc) is 2.53. The van der Waals surface area contributed by atoms with Crippen molar-refractivity contribution in [3.05, 3.63) is 34.8 Å². The van der Waals surface area contributed by atoms with Crippen molar-refractivity contribution in [1.82, 2.24) is 0 Å². The van der Waals surface area contributed by atoms with Gasteiger partial charge in [-0.15, -0.1) is 0 Å². The molecule has 0 radical (unpaired) electrons. The molecule has 4 nitrogen and oxygen atoms in total. The fourth-order valence-corrected chi connectivity index (χ4v) is 3.32. The van der Waals surface area contributed by atoms with Gasteiger partial charge in [-0.2, -0.15) is 0 Å². The zero-order valence-electron chi connectivity index (χ0n) is 14.5. The largest absolute Gasteiger partial charge is 0.496 e. The molecule has 0 saturated heterocycles. The molecule has 0 bridgehead atoms. The van der Waals surface area contributed by atoms with Crippen LogP contribution >= 0.6 is 15.9 Å². The minimum Gasteiger partial charge on any atom is -0.496 e. The Morgan fingerprint density at radius 2 is 1.22 bits per heavy atom. The Kier molecular flexibility index (Phi) is 5.42. The summed E-state index contributed by atoms with van der Waals surface area (Å²) in [5.41, 5.74) is 4.32. The highest BCUT2D eigenvalue weighted by molar-refractivity contribution is 9.10. The van der Waals surface area contributed by atoms with Gasteiger partial charge in [0.25, 0.3) is 0 Å². The molecule has 0 aliphatic rings. The molecule has 0 aromatic heterocycles. The maximum atomic E-state index is 5.63. The molecule has 0 atom stereocenters. The highest BCUT2D eigenvalue weighted by atomic mass is 79.9. The molecule has 124 valence electrons. The number of nitrogens with zero attached hydrogens (tertiary/aromatic N) is 2. The highest BCUT2D eigenvalue weighted by Gasteiger charge is 2.22. The summed E-state index contributed by atoms with van der Waals surface area (Å²) in [4.78, 5) is 4.21. The number of hydrogen-bond acceptors (Lipinski definition) is 4. The average molecular weight is 379 g/mol. The van der Waals surface area contributed by atoms with Gasteiger partial charge in [-0.25, -0.2) is 0 Å². The molecule has 0 spiro atoms. The van der Waals surface area contributed by atoms with Crippen molar-refractivity contribution in [3.63, 3.8) is 0 Å². The maximum Gasteiger partial charge on any atom is 0.133 e. The molecular formula is C18H23BrN2O2. The lowest BCUT2D eigenvalue weighted by molar-refractivity contribution is 0.402. The fraction of sp³-hybridized carbons (Fsp3) is 0.333. The van der Waals surface area contributed by atoms with E-state index in [-0.39, 0.29) is 0 Å². The molecule has 0 aliphatic carbocycles. The minimum absolute atomic E-state index is 0.777. The molecule has 0 unspecified atom stereocenters. The SMILES string of the molecule is COc1ccc(OC)c(-c2c(N(C)C)cccc2N(C)C)c1Br. The molecule has 0 heterocycles. The number of methoxy groups -OCH3 is 2. The van der Waals surface area contributed by atoms with Gasteiger partial charge in [0.05, 0.1) is 18.7 Å². The van der Waals surface area contributed by atoms with Crippen LogP contribution in [0.25, 0.3) is 11.1 Å². The Balaban J connectivity index is 2.90. The molecule has 2 aromatic carbocycles. The van der Waals surface area contributed by atoms with Gasteiger partial charge >= 0.3 is 0 Å². The van der Waals surface area contributed by atoms with Crippen LogP contribution in [-0.2, 0) is 0 Å². The summed E-state index contributed by atoms with van der Waals surface area (Å²) in [7, 11) is 11.5. The predicted molar refractivity (Wildman–Crippen MR) is 101 cm³/mol. The monoisotopic (exact) mass is 378 g/mol. The van der Waals surface area contributed by atoms with Crippen LogP contribution in [-0.4, -0.2) is 42.4 Å². The molecule has 23 heavy (non-hydrogen) atoms. The zero-order valence-corrected chi connectivity index (χ0v) is 16.1. The summed E-state index contributed by atoms with van der Waals surface area (Å²) < 4.78 is 12.0. The van der Waals surface area contributed by atoms with Gasteiger partial charge in [0.15, 0.2) is 0 Å². The summed E-state index contributed by atoms with van der Waals surface area (Å²) in [6, 6.07) is 10.1. The van der Waals surface area contributed by atoms with E-state index in [4.69, 9.17) is 9.47 Å². The quantitative estimate of drug-likeness (QED) is 0.775. The minimum atomic E-state index is 0.777. The Morgan fingerprint density at radius 1 is 0.739 bits per heavy atom. The number of hydrogen-bond donors (Lipinski definition) is 0. The summed E-state index contributed by atoms with van der Waals surface area (Å²) in [6.07, 6.45) is 0. The second-order valence-electron chi connectivity index (χ2n) is 5.62. The van der Waals surface area contributed by atoms with E-state index in [1.165, 1.54) is 0 Å². The summed E-state index contributed by atoms with van der Waals surface area (Å²) in [6.45, 7) is 0. The third-order valence-corrected chi connectivity index (χ3v) is 4.53. The van der Waals surface area contributed by atoms with Gasteiger partial charge in [-0.1, -0.05) is 6.07 Å². The third kappa shape index (κ3) is 3.24. The van der Waals surface area contributed by atoms with Crippen LogP contribution in [0.2, 0.25) is 0 Å². The lowest BCUT2D eigenvalue weighted by Crippen LogP contribution is -2.15.